The molecule has 3 rings (SSSR count). The lowest BCUT2D eigenvalue weighted by Gasteiger charge is -2.04. The van der Waals surface area contributed by atoms with Crippen LogP contribution < -0.4 is 5.43 Å². The summed E-state index contributed by atoms with van der Waals surface area (Å²) in [5.41, 5.74) is 7.33. The summed E-state index contributed by atoms with van der Waals surface area (Å²) in [6.07, 6.45) is 1.89. The smallest absolute Gasteiger partial charge is 0.246 e. The zero-order valence-electron chi connectivity index (χ0n) is 15.1. The SMILES string of the molecule is Cc1nc(CC(=O)N/N=C\c2c(C)nn(Cc3ccccc3)c2C)cs1. The molecule has 0 spiro atoms. The number of nitrogens with one attached hydrogen (secondary N) is 1. The minimum Gasteiger partial charge on any atom is -0.273 e. The van der Waals surface area contributed by atoms with Gasteiger partial charge in [0.1, 0.15) is 0 Å². The van der Waals surface area contributed by atoms with Gasteiger partial charge in [0, 0.05) is 16.6 Å². The van der Waals surface area contributed by atoms with Crippen LogP contribution in [-0.2, 0) is 17.8 Å². The van der Waals surface area contributed by atoms with Crippen molar-refractivity contribution in [3.63, 3.8) is 0 Å². The third-order valence-electron chi connectivity index (χ3n) is 4.00. The van der Waals surface area contributed by atoms with E-state index in [1.54, 1.807) is 6.21 Å². The van der Waals surface area contributed by atoms with Gasteiger partial charge in [0.15, 0.2) is 0 Å². The van der Waals surface area contributed by atoms with Crippen molar-refractivity contribution in [3.8, 4) is 0 Å². The van der Waals surface area contributed by atoms with Crippen molar-refractivity contribution in [3.05, 3.63) is 68.9 Å². The minimum absolute atomic E-state index is 0.182. The van der Waals surface area contributed by atoms with E-state index in [1.807, 2.05) is 49.0 Å². The molecule has 2 heterocycles. The Morgan fingerprint density at radius 2 is 2.04 bits per heavy atom. The summed E-state index contributed by atoms with van der Waals surface area (Å²) in [6, 6.07) is 10.2. The summed E-state index contributed by atoms with van der Waals surface area (Å²) >= 11 is 1.53. The summed E-state index contributed by atoms with van der Waals surface area (Å²) in [7, 11) is 0. The summed E-state index contributed by atoms with van der Waals surface area (Å²) in [5.74, 6) is -0.182. The molecular formula is C19H21N5OS. The summed E-state index contributed by atoms with van der Waals surface area (Å²) in [4.78, 5) is 16.2. The fourth-order valence-electron chi connectivity index (χ4n) is 2.67. The minimum atomic E-state index is -0.182. The van der Waals surface area contributed by atoms with Crippen LogP contribution in [-0.4, -0.2) is 26.9 Å². The van der Waals surface area contributed by atoms with Gasteiger partial charge in [-0.2, -0.15) is 10.2 Å². The normalized spacial score (nSPS) is 11.2. The van der Waals surface area contributed by atoms with Gasteiger partial charge < -0.3 is 0 Å². The fourth-order valence-corrected chi connectivity index (χ4v) is 3.28. The number of thiazole rings is 1. The molecule has 0 fully saturated rings. The molecular weight excluding hydrogens is 346 g/mol. The monoisotopic (exact) mass is 367 g/mol. The second kappa shape index (κ2) is 8.05. The number of amides is 1. The van der Waals surface area contributed by atoms with E-state index in [0.29, 0.717) is 6.54 Å². The molecule has 1 amide bonds. The Labute approximate surface area is 156 Å². The van der Waals surface area contributed by atoms with Gasteiger partial charge in [-0.25, -0.2) is 10.4 Å². The summed E-state index contributed by atoms with van der Waals surface area (Å²) < 4.78 is 1.95. The molecule has 2 aromatic heterocycles. The zero-order chi connectivity index (χ0) is 18.5. The molecule has 0 radical (unpaired) electrons. The van der Waals surface area contributed by atoms with Crippen LogP contribution in [0.5, 0.6) is 0 Å². The highest BCUT2D eigenvalue weighted by Crippen LogP contribution is 2.13. The highest BCUT2D eigenvalue weighted by atomic mass is 32.1. The molecule has 0 saturated carbocycles. The molecule has 0 aliphatic rings. The first-order valence-electron chi connectivity index (χ1n) is 8.34. The number of aryl methyl sites for hydroxylation is 2. The van der Waals surface area contributed by atoms with Crippen LogP contribution >= 0.6 is 11.3 Å². The molecule has 0 bridgehead atoms. The van der Waals surface area contributed by atoms with Crippen LogP contribution in [0, 0.1) is 20.8 Å². The Morgan fingerprint density at radius 3 is 2.73 bits per heavy atom. The first-order chi connectivity index (χ1) is 12.5. The van der Waals surface area contributed by atoms with Crippen molar-refractivity contribution in [1.29, 1.82) is 0 Å². The number of hydrogen-bond donors (Lipinski definition) is 1. The maximum absolute atomic E-state index is 11.9. The molecule has 0 aliphatic heterocycles. The Bertz CT molecular complexity index is 927. The Kier molecular flexibility index (Phi) is 5.58. The third-order valence-corrected chi connectivity index (χ3v) is 4.83. The van der Waals surface area contributed by atoms with Gasteiger partial charge in [-0.3, -0.25) is 9.48 Å². The largest absolute Gasteiger partial charge is 0.273 e. The molecule has 3 aromatic rings. The van der Waals surface area contributed by atoms with E-state index >= 15 is 0 Å². The molecule has 0 atom stereocenters. The highest BCUT2D eigenvalue weighted by Gasteiger charge is 2.10. The van der Waals surface area contributed by atoms with Gasteiger partial charge in [-0.05, 0) is 26.3 Å². The average Bonchev–Trinajstić information content (AvgIpc) is 3.13. The van der Waals surface area contributed by atoms with E-state index < -0.39 is 0 Å². The Morgan fingerprint density at radius 1 is 1.27 bits per heavy atom. The fraction of sp³-hybridized carbons (Fsp3) is 0.263. The topological polar surface area (TPSA) is 72.2 Å². The van der Waals surface area contributed by atoms with Crippen LogP contribution in [0.3, 0.4) is 0 Å². The predicted molar refractivity (Wildman–Crippen MR) is 104 cm³/mol. The Balaban J connectivity index is 1.64. The molecule has 0 aliphatic carbocycles. The van der Waals surface area contributed by atoms with E-state index in [-0.39, 0.29) is 12.3 Å². The van der Waals surface area contributed by atoms with E-state index in [0.717, 1.165) is 27.7 Å². The predicted octanol–water partition coefficient (Wildman–Crippen LogP) is 3.01. The summed E-state index contributed by atoms with van der Waals surface area (Å²) in [5, 5.41) is 11.5. The van der Waals surface area contributed by atoms with Crippen LogP contribution in [0.15, 0.2) is 40.8 Å². The molecule has 0 saturated heterocycles. The number of rotatable bonds is 6. The van der Waals surface area contributed by atoms with Gasteiger partial charge in [-0.15, -0.1) is 11.3 Å². The van der Waals surface area contributed by atoms with Crippen molar-refractivity contribution in [2.45, 2.75) is 33.7 Å². The first-order valence-corrected chi connectivity index (χ1v) is 9.21. The maximum Gasteiger partial charge on any atom is 0.246 e. The van der Waals surface area contributed by atoms with E-state index in [1.165, 1.54) is 16.9 Å². The standard InChI is InChI=1S/C19H21N5OS/c1-13-18(10-20-22-19(25)9-17-12-26-15(3)21-17)14(2)24(23-13)11-16-7-5-4-6-8-16/h4-8,10,12H,9,11H2,1-3H3,(H,22,25)/b20-10-. The van der Waals surface area contributed by atoms with Crippen LogP contribution in [0.4, 0.5) is 0 Å². The number of carbonyl (C=O) groups excluding carboxylic acids is 1. The number of carbonyl (C=O) groups is 1. The number of hydrazone groups is 1. The molecule has 7 heteroatoms. The van der Waals surface area contributed by atoms with Gasteiger partial charge in [0.2, 0.25) is 5.91 Å². The van der Waals surface area contributed by atoms with Crippen molar-refractivity contribution < 1.29 is 4.79 Å². The van der Waals surface area contributed by atoms with Crippen molar-refractivity contribution in [1.82, 2.24) is 20.2 Å². The van der Waals surface area contributed by atoms with Crippen LogP contribution in [0.2, 0.25) is 0 Å². The Hall–Kier alpha value is -2.80. The van der Waals surface area contributed by atoms with Crippen molar-refractivity contribution in [2.75, 3.05) is 0 Å². The molecule has 1 N–H and O–H groups in total. The lowest BCUT2D eigenvalue weighted by Crippen LogP contribution is -2.20. The molecule has 1 aromatic carbocycles. The van der Waals surface area contributed by atoms with E-state index in [2.05, 4.69) is 32.7 Å². The van der Waals surface area contributed by atoms with Gasteiger partial charge in [0.05, 0.1) is 35.6 Å². The average molecular weight is 367 g/mol. The van der Waals surface area contributed by atoms with Crippen molar-refractivity contribution in [2.24, 2.45) is 5.10 Å². The number of nitrogens with zero attached hydrogens (tertiary/aromatic N) is 4. The lowest BCUT2D eigenvalue weighted by atomic mass is 10.2. The van der Waals surface area contributed by atoms with Gasteiger partial charge in [-0.1, -0.05) is 30.3 Å². The molecule has 6 nitrogen and oxygen atoms in total. The van der Waals surface area contributed by atoms with E-state index in [4.69, 9.17) is 0 Å². The number of hydrogen-bond acceptors (Lipinski definition) is 5. The maximum atomic E-state index is 11.9. The van der Waals surface area contributed by atoms with Gasteiger partial charge >= 0.3 is 0 Å². The van der Waals surface area contributed by atoms with E-state index in [9.17, 15) is 4.79 Å². The highest BCUT2D eigenvalue weighted by molar-refractivity contribution is 7.09. The zero-order valence-corrected chi connectivity index (χ0v) is 15.9. The second-order valence-corrected chi connectivity index (χ2v) is 7.12. The van der Waals surface area contributed by atoms with Crippen LogP contribution in [0.1, 0.15) is 33.2 Å². The van der Waals surface area contributed by atoms with Crippen molar-refractivity contribution >= 4 is 23.5 Å². The first kappa shape index (κ1) is 18.0. The second-order valence-electron chi connectivity index (χ2n) is 6.06. The quantitative estimate of drug-likeness (QED) is 0.538. The third kappa shape index (κ3) is 4.43. The summed E-state index contributed by atoms with van der Waals surface area (Å²) in [6.45, 7) is 6.57. The van der Waals surface area contributed by atoms with Gasteiger partial charge in [0.25, 0.3) is 0 Å². The molecule has 0 unspecified atom stereocenters. The molecule has 134 valence electrons. The lowest BCUT2D eigenvalue weighted by molar-refractivity contribution is -0.120. The molecule has 26 heavy (non-hydrogen) atoms. The number of aromatic nitrogens is 3. The van der Waals surface area contributed by atoms with Crippen LogP contribution in [0.25, 0.3) is 0 Å². The number of benzene rings is 1.